The number of aliphatic carboxylic acids is 1. The third-order valence-electron chi connectivity index (χ3n) is 6.61. The molecule has 1 N–H and O–H groups in total. The summed E-state index contributed by atoms with van der Waals surface area (Å²) in [4.78, 5) is 29.8. The van der Waals surface area contributed by atoms with Crippen molar-refractivity contribution >= 4 is 11.9 Å². The van der Waals surface area contributed by atoms with Crippen LogP contribution in [0.5, 0.6) is 0 Å². The number of carbonyl (C=O) groups is 2. The van der Waals surface area contributed by atoms with E-state index in [0.29, 0.717) is 34.8 Å². The lowest BCUT2D eigenvalue weighted by atomic mass is 9.99. The number of nitrogens with zero attached hydrogens (tertiary/aromatic N) is 3. The summed E-state index contributed by atoms with van der Waals surface area (Å²) in [5, 5.41) is 13.5. The van der Waals surface area contributed by atoms with Crippen LogP contribution in [0.3, 0.4) is 0 Å². The van der Waals surface area contributed by atoms with Crippen LogP contribution >= 0.6 is 0 Å². The second-order valence-corrected chi connectivity index (χ2v) is 9.51. The first kappa shape index (κ1) is 29.9. The maximum Gasteiger partial charge on any atom is 0.416 e. The van der Waals surface area contributed by atoms with Gasteiger partial charge in [0.05, 0.1) is 11.6 Å². The molecule has 0 aliphatic carbocycles. The van der Waals surface area contributed by atoms with E-state index in [1.54, 1.807) is 31.2 Å². The third-order valence-corrected chi connectivity index (χ3v) is 6.61. The minimum Gasteiger partial charge on any atom is -0.474 e. The normalized spacial score (nSPS) is 12.3. The highest BCUT2D eigenvalue weighted by Gasteiger charge is 2.32. The van der Waals surface area contributed by atoms with Crippen molar-refractivity contribution < 1.29 is 32.4 Å². The molecule has 3 rings (SSSR count). The summed E-state index contributed by atoms with van der Waals surface area (Å²) in [6, 6.07) is 10.7. The quantitative estimate of drug-likeness (QED) is 0.180. The lowest BCUT2D eigenvalue weighted by Crippen LogP contribution is -2.38. The van der Waals surface area contributed by atoms with Gasteiger partial charge in [0.25, 0.3) is 5.89 Å². The zero-order valence-corrected chi connectivity index (χ0v) is 22.2. The van der Waals surface area contributed by atoms with Crippen LogP contribution in [0.1, 0.15) is 87.3 Å². The van der Waals surface area contributed by atoms with E-state index in [1.807, 2.05) is 0 Å². The lowest BCUT2D eigenvalue weighted by Gasteiger charge is -2.30. The molecule has 1 heterocycles. The zero-order valence-electron chi connectivity index (χ0n) is 22.2. The molecule has 1 atom stereocenters. The van der Waals surface area contributed by atoms with E-state index >= 15 is 0 Å². The van der Waals surface area contributed by atoms with Crippen LogP contribution in [0.4, 0.5) is 13.2 Å². The van der Waals surface area contributed by atoms with Gasteiger partial charge in [0.15, 0.2) is 5.82 Å². The highest BCUT2D eigenvalue weighted by Crippen LogP contribution is 2.32. The van der Waals surface area contributed by atoms with Crippen LogP contribution in [-0.4, -0.2) is 32.0 Å². The van der Waals surface area contributed by atoms with E-state index in [4.69, 9.17) is 4.52 Å². The number of amides is 1. The summed E-state index contributed by atoms with van der Waals surface area (Å²) >= 11 is 0. The van der Waals surface area contributed by atoms with Crippen LogP contribution in [0.2, 0.25) is 0 Å². The van der Waals surface area contributed by atoms with Crippen molar-refractivity contribution in [2.75, 3.05) is 0 Å². The van der Waals surface area contributed by atoms with Gasteiger partial charge in [-0.15, -0.1) is 0 Å². The predicted octanol–water partition coefficient (Wildman–Crippen LogP) is 7.22. The molecule has 1 unspecified atom stereocenters. The van der Waals surface area contributed by atoms with E-state index in [2.05, 4.69) is 17.1 Å². The van der Waals surface area contributed by atoms with Crippen molar-refractivity contribution in [3.05, 3.63) is 71.0 Å². The molecule has 0 saturated heterocycles. The number of carboxylic acid groups (broad SMARTS) is 1. The summed E-state index contributed by atoms with van der Waals surface area (Å²) in [7, 11) is 0. The maximum atomic E-state index is 13.0. The van der Waals surface area contributed by atoms with Gasteiger partial charge in [0.2, 0.25) is 0 Å². The van der Waals surface area contributed by atoms with Gasteiger partial charge < -0.3 is 14.5 Å². The van der Waals surface area contributed by atoms with Crippen molar-refractivity contribution in [1.29, 1.82) is 0 Å². The molecule has 0 saturated carbocycles. The van der Waals surface area contributed by atoms with Gasteiger partial charge in [-0.2, -0.15) is 18.2 Å². The van der Waals surface area contributed by atoms with Gasteiger partial charge >= 0.3 is 18.1 Å². The van der Waals surface area contributed by atoms with Gasteiger partial charge in [0.1, 0.15) is 0 Å². The number of carbonyl (C=O) groups excluding carboxylic acids is 1. The molecule has 1 aromatic heterocycles. The Morgan fingerprint density at radius 1 is 0.949 bits per heavy atom. The summed E-state index contributed by atoms with van der Waals surface area (Å²) in [5.41, 5.74) is 0.932. The van der Waals surface area contributed by atoms with Gasteiger partial charge in [-0.25, -0.2) is 4.79 Å². The Kier molecular flexibility index (Phi) is 10.7. The fourth-order valence-electron chi connectivity index (χ4n) is 4.46. The van der Waals surface area contributed by atoms with Crippen LogP contribution in [0.25, 0.3) is 11.5 Å². The van der Waals surface area contributed by atoms with Gasteiger partial charge in [-0.05, 0) is 48.2 Å². The number of carboxylic acids is 1. The summed E-state index contributed by atoms with van der Waals surface area (Å²) in [6.07, 6.45) is 3.55. The maximum absolute atomic E-state index is 13.0. The Balaban J connectivity index is 1.71. The molecule has 210 valence electrons. The van der Waals surface area contributed by atoms with Crippen molar-refractivity contribution in [3.8, 4) is 11.5 Å². The topological polar surface area (TPSA) is 96.5 Å². The molecule has 0 aliphatic heterocycles. The number of benzene rings is 2. The monoisotopic (exact) mass is 545 g/mol. The van der Waals surface area contributed by atoms with Crippen molar-refractivity contribution in [2.24, 2.45) is 0 Å². The van der Waals surface area contributed by atoms with Crippen molar-refractivity contribution in [2.45, 2.75) is 84.0 Å². The molecule has 1 amide bonds. The smallest absolute Gasteiger partial charge is 0.416 e. The molecule has 7 nitrogen and oxygen atoms in total. The average molecular weight is 546 g/mol. The highest BCUT2D eigenvalue weighted by atomic mass is 19.4. The van der Waals surface area contributed by atoms with E-state index < -0.39 is 29.7 Å². The number of halogens is 3. The second kappa shape index (κ2) is 13.9. The van der Waals surface area contributed by atoms with Crippen molar-refractivity contribution in [1.82, 2.24) is 15.0 Å². The van der Waals surface area contributed by atoms with E-state index in [1.165, 1.54) is 37.8 Å². The number of aryl methyl sites for hydroxylation is 1. The molecule has 10 heteroatoms. The first-order valence-corrected chi connectivity index (χ1v) is 13.3. The predicted molar refractivity (Wildman–Crippen MR) is 139 cm³/mol. The molecule has 0 aliphatic rings. The van der Waals surface area contributed by atoms with E-state index in [0.717, 1.165) is 36.3 Å². The molecule has 2 aromatic carbocycles. The molecule has 39 heavy (non-hydrogen) atoms. The first-order valence-electron chi connectivity index (χ1n) is 13.3. The molecular weight excluding hydrogens is 511 g/mol. The van der Waals surface area contributed by atoms with Gasteiger partial charge in [-0.1, -0.05) is 75.4 Å². The Labute approximate surface area is 226 Å². The number of alkyl halides is 3. The molecule has 0 fully saturated rings. The number of aromatic nitrogens is 2. The highest BCUT2D eigenvalue weighted by molar-refractivity contribution is 6.31. The molecule has 0 spiro atoms. The molecule has 0 radical (unpaired) electrons. The van der Waals surface area contributed by atoms with E-state index in [-0.39, 0.29) is 6.54 Å². The molecular formula is C29H34F3N3O4. The summed E-state index contributed by atoms with van der Waals surface area (Å²) < 4.78 is 44.4. The number of hydrogen-bond acceptors (Lipinski definition) is 5. The third kappa shape index (κ3) is 8.40. The number of hydrogen-bond donors (Lipinski definition) is 1. The number of rotatable bonds is 13. The number of unbranched alkanes of at least 4 members (excludes halogenated alkanes) is 5. The SMILES string of the molecule is CCCCCCCCc1noc(-c2ccc(CN(C(=O)C(=O)O)C(CC)c3ccc(C(F)(F)F)cc3)cc2)n1. The van der Waals surface area contributed by atoms with Crippen LogP contribution in [0.15, 0.2) is 53.1 Å². The Morgan fingerprint density at radius 2 is 1.59 bits per heavy atom. The second-order valence-electron chi connectivity index (χ2n) is 9.51. The Hall–Kier alpha value is -3.69. The summed E-state index contributed by atoms with van der Waals surface area (Å²) in [6.45, 7) is 3.88. The standard InChI is InChI=1S/C29H34F3N3O4/c1-3-5-6-7-8-9-10-25-33-26(39-34-25)22-13-11-20(12-14-22)19-35(27(36)28(37)38)24(4-2)21-15-17-23(18-16-21)29(30,31)32/h11-18,24H,3-10,19H2,1-2H3,(H,37,38). The van der Waals surface area contributed by atoms with Crippen LogP contribution in [0, 0.1) is 0 Å². The van der Waals surface area contributed by atoms with E-state index in [9.17, 15) is 27.9 Å². The fourth-order valence-corrected chi connectivity index (χ4v) is 4.46. The van der Waals surface area contributed by atoms with Gasteiger partial charge in [0, 0.05) is 18.5 Å². The largest absolute Gasteiger partial charge is 0.474 e. The van der Waals surface area contributed by atoms with Crippen LogP contribution in [-0.2, 0) is 28.7 Å². The first-order chi connectivity index (χ1) is 18.6. The van der Waals surface area contributed by atoms with Crippen LogP contribution < -0.4 is 0 Å². The summed E-state index contributed by atoms with van der Waals surface area (Å²) in [5.74, 6) is -1.76. The Morgan fingerprint density at radius 3 is 2.18 bits per heavy atom. The van der Waals surface area contributed by atoms with Gasteiger partial charge in [-0.3, -0.25) is 4.79 Å². The average Bonchev–Trinajstić information content (AvgIpc) is 3.39. The fraction of sp³-hybridized carbons (Fsp3) is 0.448. The molecule has 0 bridgehead atoms. The minimum atomic E-state index is -4.49. The minimum absolute atomic E-state index is 0.0436. The Bertz CT molecular complexity index is 1210. The zero-order chi connectivity index (χ0) is 28.4. The molecule has 3 aromatic rings. The lowest BCUT2D eigenvalue weighted by molar-refractivity contribution is -0.157. The van der Waals surface area contributed by atoms with Crippen molar-refractivity contribution in [3.63, 3.8) is 0 Å².